The lowest BCUT2D eigenvalue weighted by Gasteiger charge is -1.99. The zero-order chi connectivity index (χ0) is 18.5. The van der Waals surface area contributed by atoms with E-state index in [1.165, 1.54) is 47.9 Å². The normalized spacial score (nSPS) is 10.4. The van der Waals surface area contributed by atoms with Crippen LogP contribution in [0, 0.1) is 6.92 Å². The molecule has 0 fully saturated rings. The minimum Gasteiger partial charge on any atom is -0.0955 e. The number of unbranched alkanes of at least 4 members (excludes halogenated alkanes) is 2. The number of hydrogen-bond acceptors (Lipinski definition) is 0. The second-order valence-electron chi connectivity index (χ2n) is 6.68. The van der Waals surface area contributed by atoms with Crippen LogP contribution in [-0.2, 0) is 6.42 Å². The molecule has 0 spiro atoms. The van der Waals surface area contributed by atoms with E-state index in [4.69, 9.17) is 0 Å². The van der Waals surface area contributed by atoms with Crippen molar-refractivity contribution in [2.75, 3.05) is 0 Å². The van der Waals surface area contributed by atoms with E-state index in [9.17, 15) is 0 Å². The third kappa shape index (κ3) is 9.10. The van der Waals surface area contributed by atoms with Gasteiger partial charge in [0, 0.05) is 0 Å². The lowest BCUT2D eigenvalue weighted by Crippen LogP contribution is -1.83. The van der Waals surface area contributed by atoms with Gasteiger partial charge in [0.1, 0.15) is 0 Å². The summed E-state index contributed by atoms with van der Waals surface area (Å²) in [6.07, 6.45) is 10.6. The molecule has 0 radical (unpaired) electrons. The highest BCUT2D eigenvalue weighted by Gasteiger charge is 1.92. The molecule has 0 aliphatic rings. The Morgan fingerprint density at radius 2 is 1.56 bits per heavy atom. The van der Waals surface area contributed by atoms with Gasteiger partial charge in [0.15, 0.2) is 0 Å². The van der Waals surface area contributed by atoms with Crippen molar-refractivity contribution in [2.24, 2.45) is 0 Å². The highest BCUT2D eigenvalue weighted by atomic mass is 14.0. The van der Waals surface area contributed by atoms with Gasteiger partial charge in [-0.25, -0.2) is 0 Å². The summed E-state index contributed by atoms with van der Waals surface area (Å²) in [6.45, 7) is 12.5. The van der Waals surface area contributed by atoms with E-state index < -0.39 is 0 Å². The second-order valence-corrected chi connectivity index (χ2v) is 6.68. The number of rotatable bonds is 7. The molecule has 2 aromatic carbocycles. The van der Waals surface area contributed by atoms with Crippen LogP contribution in [0.3, 0.4) is 0 Å². The Labute approximate surface area is 155 Å². The van der Waals surface area contributed by atoms with Crippen LogP contribution in [0.2, 0.25) is 0 Å². The lowest BCUT2D eigenvalue weighted by molar-refractivity contribution is 0.795. The van der Waals surface area contributed by atoms with E-state index in [2.05, 4.69) is 88.0 Å². The summed E-state index contributed by atoms with van der Waals surface area (Å²) in [7, 11) is 0. The van der Waals surface area contributed by atoms with Gasteiger partial charge < -0.3 is 0 Å². The molecule has 0 unspecified atom stereocenters. The predicted molar refractivity (Wildman–Crippen MR) is 115 cm³/mol. The molecule has 2 rings (SSSR count). The Morgan fingerprint density at radius 3 is 2.08 bits per heavy atom. The highest BCUT2D eigenvalue weighted by Crippen LogP contribution is 2.13. The van der Waals surface area contributed by atoms with Gasteiger partial charge in [-0.05, 0) is 49.8 Å². The van der Waals surface area contributed by atoms with Crippen molar-refractivity contribution >= 4 is 11.6 Å². The molecule has 0 amide bonds. The zero-order valence-electron chi connectivity index (χ0n) is 16.5. The first-order valence-electron chi connectivity index (χ1n) is 9.54. The second kappa shape index (κ2) is 12.3. The topological polar surface area (TPSA) is 0 Å². The SMILES string of the molecule is C=C(C)c1ccc(/C=C/CCC)cc1.CCCCc1ccc(C)cc1. The molecule has 0 saturated carbocycles. The quantitative estimate of drug-likeness (QED) is 0.483. The van der Waals surface area contributed by atoms with E-state index in [0.29, 0.717) is 0 Å². The Morgan fingerprint density at radius 1 is 0.920 bits per heavy atom. The zero-order valence-corrected chi connectivity index (χ0v) is 16.5. The van der Waals surface area contributed by atoms with Gasteiger partial charge in [-0.15, -0.1) is 0 Å². The molecule has 0 atom stereocenters. The first kappa shape index (κ1) is 21.0. The monoisotopic (exact) mass is 334 g/mol. The number of aryl methyl sites for hydroxylation is 2. The van der Waals surface area contributed by atoms with Crippen LogP contribution < -0.4 is 0 Å². The Kier molecular flexibility index (Phi) is 10.3. The van der Waals surface area contributed by atoms with Crippen LogP contribution in [0.15, 0.2) is 61.2 Å². The van der Waals surface area contributed by atoms with Crippen molar-refractivity contribution in [3.8, 4) is 0 Å². The van der Waals surface area contributed by atoms with E-state index in [1.54, 1.807) is 0 Å². The van der Waals surface area contributed by atoms with Crippen LogP contribution in [-0.4, -0.2) is 0 Å². The maximum atomic E-state index is 3.91. The Balaban J connectivity index is 0.000000257. The van der Waals surface area contributed by atoms with Gasteiger partial charge in [-0.1, -0.05) is 105 Å². The van der Waals surface area contributed by atoms with E-state index in [1.807, 2.05) is 6.92 Å². The molecule has 0 nitrogen and oxygen atoms in total. The highest BCUT2D eigenvalue weighted by molar-refractivity contribution is 5.63. The van der Waals surface area contributed by atoms with Crippen LogP contribution >= 0.6 is 0 Å². The average molecular weight is 335 g/mol. The maximum absolute atomic E-state index is 3.91. The third-order valence-electron chi connectivity index (χ3n) is 4.11. The van der Waals surface area contributed by atoms with Crippen molar-refractivity contribution < 1.29 is 0 Å². The molecule has 0 saturated heterocycles. The van der Waals surface area contributed by atoms with Crippen LogP contribution in [0.1, 0.15) is 68.7 Å². The van der Waals surface area contributed by atoms with Crippen molar-refractivity contribution in [3.63, 3.8) is 0 Å². The standard InChI is InChI=1S/C14H18.C11H16/c1-4-5-6-7-13-8-10-14(11-9-13)12(2)3;1-3-4-5-11-8-6-10(2)7-9-11/h6-11H,2,4-5H2,1,3H3;6-9H,3-5H2,1-2H3/b7-6+;. The van der Waals surface area contributed by atoms with E-state index >= 15 is 0 Å². The molecule has 0 aromatic heterocycles. The van der Waals surface area contributed by atoms with Gasteiger partial charge in [0.25, 0.3) is 0 Å². The minimum absolute atomic E-state index is 1.12. The first-order valence-corrected chi connectivity index (χ1v) is 9.54. The summed E-state index contributed by atoms with van der Waals surface area (Å²) in [5.41, 5.74) is 6.43. The molecule has 0 N–H and O–H groups in total. The summed E-state index contributed by atoms with van der Waals surface area (Å²) in [4.78, 5) is 0. The summed E-state index contributed by atoms with van der Waals surface area (Å²) in [5, 5.41) is 0. The fourth-order valence-corrected chi connectivity index (χ4v) is 2.40. The molecule has 0 aliphatic carbocycles. The van der Waals surface area contributed by atoms with Crippen molar-refractivity contribution in [3.05, 3.63) is 83.4 Å². The molecule has 0 heteroatoms. The van der Waals surface area contributed by atoms with Gasteiger partial charge in [-0.3, -0.25) is 0 Å². The smallest absolute Gasteiger partial charge is 0.0233 e. The fourth-order valence-electron chi connectivity index (χ4n) is 2.40. The first-order chi connectivity index (χ1) is 12.1. The molecule has 0 aliphatic heterocycles. The molecule has 134 valence electrons. The molecule has 0 bridgehead atoms. The number of benzene rings is 2. The van der Waals surface area contributed by atoms with Crippen molar-refractivity contribution in [2.45, 2.75) is 59.8 Å². The molecular weight excluding hydrogens is 300 g/mol. The van der Waals surface area contributed by atoms with Crippen LogP contribution in [0.25, 0.3) is 11.6 Å². The van der Waals surface area contributed by atoms with Crippen molar-refractivity contribution in [1.29, 1.82) is 0 Å². The molecular formula is C25H34. The molecule has 0 heterocycles. The van der Waals surface area contributed by atoms with Gasteiger partial charge in [-0.2, -0.15) is 0 Å². The molecule has 25 heavy (non-hydrogen) atoms. The summed E-state index contributed by atoms with van der Waals surface area (Å²) in [5.74, 6) is 0. The maximum Gasteiger partial charge on any atom is -0.0233 e. The Bertz CT molecular complexity index is 627. The predicted octanol–water partition coefficient (Wildman–Crippen LogP) is 7.87. The van der Waals surface area contributed by atoms with E-state index in [0.717, 1.165) is 12.0 Å². The van der Waals surface area contributed by atoms with Gasteiger partial charge >= 0.3 is 0 Å². The summed E-state index contributed by atoms with van der Waals surface area (Å²) < 4.78 is 0. The number of allylic oxidation sites excluding steroid dienone is 2. The number of hydrogen-bond donors (Lipinski definition) is 0. The fraction of sp³-hybridized carbons (Fsp3) is 0.360. The molecule has 2 aromatic rings. The average Bonchev–Trinajstić information content (AvgIpc) is 2.62. The lowest BCUT2D eigenvalue weighted by atomic mass is 10.1. The van der Waals surface area contributed by atoms with Crippen LogP contribution in [0.4, 0.5) is 0 Å². The summed E-state index contributed by atoms with van der Waals surface area (Å²) >= 11 is 0. The van der Waals surface area contributed by atoms with Crippen molar-refractivity contribution in [1.82, 2.24) is 0 Å². The van der Waals surface area contributed by atoms with E-state index in [-0.39, 0.29) is 0 Å². The Hall–Kier alpha value is -2.08. The van der Waals surface area contributed by atoms with Crippen LogP contribution in [0.5, 0.6) is 0 Å². The van der Waals surface area contributed by atoms with Gasteiger partial charge in [0.2, 0.25) is 0 Å². The van der Waals surface area contributed by atoms with Gasteiger partial charge in [0.05, 0.1) is 0 Å². The largest absolute Gasteiger partial charge is 0.0955 e. The minimum atomic E-state index is 1.12. The summed E-state index contributed by atoms with van der Waals surface area (Å²) in [6, 6.07) is 17.3. The third-order valence-corrected chi connectivity index (χ3v) is 4.11.